The average molecular weight is 378 g/mol. The first-order chi connectivity index (χ1) is 13.6. The smallest absolute Gasteiger partial charge is 0.418 e. The fourth-order valence-corrected chi connectivity index (χ4v) is 2.69. The molecule has 0 saturated heterocycles. The maximum Gasteiger partial charge on any atom is 0.418 e. The van der Waals surface area contributed by atoms with E-state index in [9.17, 15) is 9.18 Å². The quantitative estimate of drug-likeness (QED) is 0.577. The van der Waals surface area contributed by atoms with Crippen molar-refractivity contribution in [2.24, 2.45) is 0 Å². The molecule has 4 rings (SSSR count). The number of nitrogens with one attached hydrogen (secondary N) is 1. The normalized spacial score (nSPS) is 10.6. The van der Waals surface area contributed by atoms with Gasteiger partial charge in [0, 0.05) is 24.0 Å². The number of carbonyl (C=O) groups excluding carboxylic acids is 1. The van der Waals surface area contributed by atoms with Crippen LogP contribution in [-0.4, -0.2) is 27.8 Å². The Labute approximate surface area is 159 Å². The van der Waals surface area contributed by atoms with Gasteiger partial charge in [0.1, 0.15) is 5.75 Å². The molecule has 0 unspecified atom stereocenters. The van der Waals surface area contributed by atoms with Crippen molar-refractivity contribution in [2.75, 3.05) is 12.4 Å². The molecule has 3 heterocycles. The van der Waals surface area contributed by atoms with Crippen molar-refractivity contribution in [3.63, 3.8) is 0 Å². The second-order valence-electron chi connectivity index (χ2n) is 5.86. The zero-order valence-electron chi connectivity index (χ0n) is 14.8. The standard InChI is InChI=1S/C20H15FN4O3/c1-27-19-17(21)10-14(12-22-19)13-7-8-25-15(9-13)11-18(24-25)23-20(26)28-16-5-3-2-4-6-16/h2-12H,1H3,(H,23,24,26). The summed E-state index contributed by atoms with van der Waals surface area (Å²) in [5.41, 5.74) is 2.06. The topological polar surface area (TPSA) is 77.8 Å². The number of hydrogen-bond donors (Lipinski definition) is 1. The first-order valence-corrected chi connectivity index (χ1v) is 8.35. The van der Waals surface area contributed by atoms with Crippen LogP contribution in [0, 0.1) is 5.82 Å². The first kappa shape index (κ1) is 17.5. The molecule has 0 saturated carbocycles. The maximum absolute atomic E-state index is 13.9. The molecule has 1 amide bonds. The maximum atomic E-state index is 13.9. The number of methoxy groups -OCH3 is 1. The molecule has 1 N–H and O–H groups in total. The number of anilines is 1. The number of nitrogens with zero attached hydrogens (tertiary/aromatic N) is 3. The zero-order valence-corrected chi connectivity index (χ0v) is 14.8. The average Bonchev–Trinajstić information content (AvgIpc) is 3.09. The van der Waals surface area contributed by atoms with E-state index in [4.69, 9.17) is 9.47 Å². The Hall–Kier alpha value is -3.94. The van der Waals surface area contributed by atoms with Crippen molar-refractivity contribution in [3.05, 3.63) is 72.8 Å². The molecule has 0 spiro atoms. The molecular weight excluding hydrogens is 363 g/mol. The van der Waals surface area contributed by atoms with E-state index in [-0.39, 0.29) is 5.88 Å². The molecule has 0 radical (unpaired) electrons. The monoisotopic (exact) mass is 378 g/mol. The third-order valence-corrected chi connectivity index (χ3v) is 3.98. The third kappa shape index (κ3) is 3.61. The Morgan fingerprint density at radius 2 is 1.93 bits per heavy atom. The van der Waals surface area contributed by atoms with E-state index in [1.807, 2.05) is 12.1 Å². The van der Waals surface area contributed by atoms with Gasteiger partial charge in [-0.2, -0.15) is 0 Å². The number of halogens is 1. The van der Waals surface area contributed by atoms with Crippen molar-refractivity contribution >= 4 is 17.4 Å². The van der Waals surface area contributed by atoms with Gasteiger partial charge in [-0.3, -0.25) is 5.32 Å². The Morgan fingerprint density at radius 3 is 2.68 bits per heavy atom. The van der Waals surface area contributed by atoms with Gasteiger partial charge in [-0.05, 0) is 35.9 Å². The van der Waals surface area contributed by atoms with Crippen molar-refractivity contribution < 1.29 is 18.7 Å². The van der Waals surface area contributed by atoms with Crippen LogP contribution < -0.4 is 14.8 Å². The molecule has 8 heteroatoms. The van der Waals surface area contributed by atoms with E-state index < -0.39 is 11.9 Å². The number of benzene rings is 1. The van der Waals surface area contributed by atoms with Crippen LogP contribution in [0.25, 0.3) is 16.6 Å². The Kier molecular flexibility index (Phi) is 4.59. The Bertz CT molecular complexity index is 1140. The van der Waals surface area contributed by atoms with Crippen LogP contribution in [0.1, 0.15) is 0 Å². The molecular formula is C20H15FN4O3. The van der Waals surface area contributed by atoms with Gasteiger partial charge in [0.25, 0.3) is 0 Å². The van der Waals surface area contributed by atoms with E-state index in [1.165, 1.54) is 19.4 Å². The molecule has 140 valence electrons. The minimum absolute atomic E-state index is 0.0578. The van der Waals surface area contributed by atoms with Gasteiger partial charge >= 0.3 is 6.09 Å². The van der Waals surface area contributed by atoms with Crippen molar-refractivity contribution in [1.82, 2.24) is 14.6 Å². The summed E-state index contributed by atoms with van der Waals surface area (Å²) in [4.78, 5) is 15.9. The minimum atomic E-state index is -0.642. The van der Waals surface area contributed by atoms with Crippen molar-refractivity contribution in [3.8, 4) is 22.8 Å². The first-order valence-electron chi connectivity index (χ1n) is 8.35. The number of rotatable bonds is 4. The number of amides is 1. The Balaban J connectivity index is 1.55. The van der Waals surface area contributed by atoms with Crippen LogP contribution in [0.15, 0.2) is 67.0 Å². The number of ether oxygens (including phenoxy) is 2. The minimum Gasteiger partial charge on any atom is -0.479 e. The van der Waals surface area contributed by atoms with Gasteiger partial charge < -0.3 is 9.47 Å². The molecule has 0 fully saturated rings. The number of hydrogen-bond acceptors (Lipinski definition) is 5. The number of aromatic nitrogens is 3. The molecule has 3 aromatic heterocycles. The van der Waals surface area contributed by atoms with Crippen molar-refractivity contribution in [2.45, 2.75) is 0 Å². The highest BCUT2D eigenvalue weighted by Crippen LogP contribution is 2.25. The molecule has 28 heavy (non-hydrogen) atoms. The summed E-state index contributed by atoms with van der Waals surface area (Å²) in [6.45, 7) is 0. The van der Waals surface area contributed by atoms with Gasteiger partial charge in [-0.15, -0.1) is 5.10 Å². The van der Waals surface area contributed by atoms with Gasteiger partial charge in [-0.1, -0.05) is 18.2 Å². The van der Waals surface area contributed by atoms with Gasteiger partial charge in [0.2, 0.25) is 5.88 Å². The predicted molar refractivity (Wildman–Crippen MR) is 101 cm³/mol. The molecule has 0 bridgehead atoms. The summed E-state index contributed by atoms with van der Waals surface area (Å²) in [6, 6.07) is 15.3. The lowest BCUT2D eigenvalue weighted by molar-refractivity contribution is 0.215. The summed E-state index contributed by atoms with van der Waals surface area (Å²) in [5, 5.41) is 6.85. The number of para-hydroxylation sites is 1. The Morgan fingerprint density at radius 1 is 1.11 bits per heavy atom. The highest BCUT2D eigenvalue weighted by atomic mass is 19.1. The lowest BCUT2D eigenvalue weighted by Crippen LogP contribution is -2.16. The van der Waals surface area contributed by atoms with Crippen LogP contribution in [0.2, 0.25) is 0 Å². The molecule has 4 aromatic rings. The summed E-state index contributed by atoms with van der Waals surface area (Å²) in [5.74, 6) is 0.161. The van der Waals surface area contributed by atoms with E-state index in [0.717, 1.165) is 5.56 Å². The summed E-state index contributed by atoms with van der Waals surface area (Å²) in [7, 11) is 1.36. The molecule has 0 aliphatic carbocycles. The fourth-order valence-electron chi connectivity index (χ4n) is 2.69. The molecule has 7 nitrogen and oxygen atoms in total. The predicted octanol–water partition coefficient (Wildman–Crippen LogP) is 4.15. The highest BCUT2D eigenvalue weighted by Gasteiger charge is 2.11. The third-order valence-electron chi connectivity index (χ3n) is 3.98. The lowest BCUT2D eigenvalue weighted by atomic mass is 10.1. The summed E-state index contributed by atoms with van der Waals surface area (Å²) in [6.07, 6.45) is 2.59. The fraction of sp³-hybridized carbons (Fsp3) is 0.0500. The zero-order chi connectivity index (χ0) is 19.5. The summed E-state index contributed by atoms with van der Waals surface area (Å²) < 4.78 is 25.5. The number of carbonyl (C=O) groups is 1. The lowest BCUT2D eigenvalue weighted by Gasteiger charge is -2.05. The molecule has 0 aliphatic rings. The van der Waals surface area contributed by atoms with Gasteiger partial charge in [0.15, 0.2) is 11.6 Å². The number of pyridine rings is 2. The van der Waals surface area contributed by atoms with Crippen LogP contribution in [0.3, 0.4) is 0 Å². The van der Waals surface area contributed by atoms with Crippen LogP contribution in [-0.2, 0) is 0 Å². The molecule has 0 aliphatic heterocycles. The van der Waals surface area contributed by atoms with Crippen LogP contribution in [0.5, 0.6) is 11.6 Å². The second kappa shape index (κ2) is 7.36. The molecule has 0 atom stereocenters. The largest absolute Gasteiger partial charge is 0.479 e. The number of fused-ring (bicyclic) bond motifs is 1. The van der Waals surface area contributed by atoms with E-state index in [1.54, 1.807) is 47.1 Å². The van der Waals surface area contributed by atoms with Crippen molar-refractivity contribution in [1.29, 1.82) is 0 Å². The van der Waals surface area contributed by atoms with E-state index >= 15 is 0 Å². The molecule has 1 aromatic carbocycles. The van der Waals surface area contributed by atoms with Gasteiger partial charge in [-0.25, -0.2) is 18.7 Å². The second-order valence-corrected chi connectivity index (χ2v) is 5.86. The van der Waals surface area contributed by atoms with Crippen LogP contribution in [0.4, 0.5) is 15.0 Å². The van der Waals surface area contributed by atoms with Crippen LogP contribution >= 0.6 is 0 Å². The SMILES string of the molecule is COc1ncc(-c2ccn3nc(NC(=O)Oc4ccccc4)cc3c2)cc1F. The van der Waals surface area contributed by atoms with E-state index in [2.05, 4.69) is 15.4 Å². The highest BCUT2D eigenvalue weighted by molar-refractivity contribution is 5.86. The van der Waals surface area contributed by atoms with Gasteiger partial charge in [0.05, 0.1) is 12.6 Å². The summed E-state index contributed by atoms with van der Waals surface area (Å²) >= 11 is 0. The van der Waals surface area contributed by atoms with E-state index in [0.29, 0.717) is 22.6 Å².